The molecular weight excluding hydrogens is 536 g/mol. The lowest BCUT2D eigenvalue weighted by atomic mass is 10.1. The van der Waals surface area contributed by atoms with Gasteiger partial charge >= 0.3 is 0 Å². The van der Waals surface area contributed by atoms with E-state index in [1.807, 2.05) is 78.9 Å². The first-order chi connectivity index (χ1) is 17.6. The Morgan fingerprint density at radius 3 is 2.42 bits per heavy atom. The Kier molecular flexibility index (Phi) is 9.25. The van der Waals surface area contributed by atoms with E-state index in [4.69, 9.17) is 14.5 Å². The maximum atomic E-state index is 13.5. The molecule has 1 aliphatic rings. The van der Waals surface area contributed by atoms with Crippen LogP contribution in [-0.2, 0) is 4.79 Å². The van der Waals surface area contributed by atoms with Crippen molar-refractivity contribution < 1.29 is 14.3 Å². The molecule has 3 aromatic rings. The van der Waals surface area contributed by atoms with E-state index in [1.54, 1.807) is 12.0 Å². The summed E-state index contributed by atoms with van der Waals surface area (Å²) in [5.41, 5.74) is 2.40. The van der Waals surface area contributed by atoms with Gasteiger partial charge in [0.2, 0.25) is 0 Å². The first-order valence-corrected chi connectivity index (χ1v) is 13.6. The van der Waals surface area contributed by atoms with Crippen molar-refractivity contribution in [1.82, 2.24) is 0 Å². The van der Waals surface area contributed by atoms with E-state index >= 15 is 0 Å². The number of thioether (sulfide) groups is 1. The first kappa shape index (κ1) is 26.0. The van der Waals surface area contributed by atoms with E-state index in [0.29, 0.717) is 28.2 Å². The van der Waals surface area contributed by atoms with Gasteiger partial charge < -0.3 is 9.47 Å². The third kappa shape index (κ3) is 6.39. The summed E-state index contributed by atoms with van der Waals surface area (Å²) in [4.78, 5) is 20.5. The van der Waals surface area contributed by atoms with Gasteiger partial charge in [0.15, 0.2) is 16.7 Å². The van der Waals surface area contributed by atoms with E-state index in [1.165, 1.54) is 24.6 Å². The van der Waals surface area contributed by atoms with Crippen molar-refractivity contribution in [3.8, 4) is 11.5 Å². The van der Waals surface area contributed by atoms with Crippen molar-refractivity contribution >= 4 is 56.2 Å². The first-order valence-electron chi connectivity index (χ1n) is 12.0. The Bertz CT molecular complexity index is 1250. The van der Waals surface area contributed by atoms with Crippen LogP contribution in [0.2, 0.25) is 0 Å². The number of methoxy groups -OCH3 is 1. The number of hydrogen-bond donors (Lipinski definition) is 0. The molecule has 4 rings (SSSR count). The second-order valence-corrected chi connectivity index (χ2v) is 10.1. The predicted octanol–water partition coefficient (Wildman–Crippen LogP) is 8.23. The number of anilines is 1. The lowest BCUT2D eigenvalue weighted by Crippen LogP contribution is -2.28. The average Bonchev–Trinajstić information content (AvgIpc) is 3.19. The van der Waals surface area contributed by atoms with E-state index in [-0.39, 0.29) is 5.91 Å². The summed E-state index contributed by atoms with van der Waals surface area (Å²) in [7, 11) is 1.62. The van der Waals surface area contributed by atoms with Crippen molar-refractivity contribution in [2.75, 3.05) is 18.6 Å². The van der Waals surface area contributed by atoms with E-state index in [9.17, 15) is 4.79 Å². The monoisotopic (exact) mass is 564 g/mol. The summed E-state index contributed by atoms with van der Waals surface area (Å²) >= 11 is 4.99. The van der Waals surface area contributed by atoms with Crippen molar-refractivity contribution in [3.05, 3.63) is 87.7 Å². The molecule has 0 atom stereocenters. The summed E-state index contributed by atoms with van der Waals surface area (Å²) in [6.07, 6.45) is 6.40. The Labute approximate surface area is 225 Å². The van der Waals surface area contributed by atoms with Gasteiger partial charge in [-0.1, -0.05) is 62.6 Å². The molecule has 1 aliphatic heterocycles. The SMILES string of the molecule is CCCCCCOc1c(Br)cc(/C=C2/SC(=Nc3ccccc3)N(c3ccccc3)C2=O)cc1OC. The number of hydrogen-bond acceptors (Lipinski definition) is 5. The predicted molar refractivity (Wildman–Crippen MR) is 153 cm³/mol. The van der Waals surface area contributed by atoms with Crippen LogP contribution in [0.1, 0.15) is 38.2 Å². The summed E-state index contributed by atoms with van der Waals surface area (Å²) in [6, 6.07) is 23.1. The van der Waals surface area contributed by atoms with Crippen LogP contribution < -0.4 is 14.4 Å². The Hall–Kier alpha value is -3.03. The number of nitrogens with zero attached hydrogens (tertiary/aromatic N) is 2. The zero-order valence-electron chi connectivity index (χ0n) is 20.4. The van der Waals surface area contributed by atoms with Crippen LogP contribution in [-0.4, -0.2) is 24.8 Å². The lowest BCUT2D eigenvalue weighted by Gasteiger charge is -2.15. The Morgan fingerprint density at radius 2 is 1.72 bits per heavy atom. The molecule has 0 spiro atoms. The van der Waals surface area contributed by atoms with Gasteiger partial charge in [-0.25, -0.2) is 4.99 Å². The minimum Gasteiger partial charge on any atom is -0.493 e. The topological polar surface area (TPSA) is 51.1 Å². The number of rotatable bonds is 10. The summed E-state index contributed by atoms with van der Waals surface area (Å²) in [5, 5.41) is 0.613. The average molecular weight is 566 g/mol. The maximum absolute atomic E-state index is 13.5. The molecule has 0 aromatic heterocycles. The number of para-hydroxylation sites is 2. The highest BCUT2D eigenvalue weighted by Crippen LogP contribution is 2.40. The smallest absolute Gasteiger partial charge is 0.271 e. The van der Waals surface area contributed by atoms with Crippen LogP contribution in [0.25, 0.3) is 6.08 Å². The fourth-order valence-corrected chi connectivity index (χ4v) is 5.36. The molecule has 7 heteroatoms. The largest absolute Gasteiger partial charge is 0.493 e. The second-order valence-electron chi connectivity index (χ2n) is 8.26. The number of carbonyl (C=O) groups is 1. The van der Waals surface area contributed by atoms with Crippen molar-refractivity contribution in [3.63, 3.8) is 0 Å². The molecule has 1 amide bonds. The summed E-state index contributed by atoms with van der Waals surface area (Å²) < 4.78 is 12.4. The molecule has 1 heterocycles. The summed E-state index contributed by atoms with van der Waals surface area (Å²) in [6.45, 7) is 2.83. The molecule has 1 saturated heterocycles. The molecule has 0 aliphatic carbocycles. The fourth-order valence-electron chi connectivity index (χ4n) is 3.78. The molecule has 0 N–H and O–H groups in total. The van der Waals surface area contributed by atoms with Gasteiger partial charge in [0.25, 0.3) is 5.91 Å². The Balaban J connectivity index is 1.63. The number of aliphatic imine (C=N–C) groups is 1. The van der Waals surface area contributed by atoms with Crippen LogP contribution in [0, 0.1) is 0 Å². The second kappa shape index (κ2) is 12.8. The minimum atomic E-state index is -0.118. The van der Waals surface area contributed by atoms with Crippen LogP contribution >= 0.6 is 27.7 Å². The molecule has 5 nitrogen and oxygen atoms in total. The van der Waals surface area contributed by atoms with E-state index in [0.717, 1.165) is 34.3 Å². The number of amides is 1. The molecule has 36 heavy (non-hydrogen) atoms. The lowest BCUT2D eigenvalue weighted by molar-refractivity contribution is -0.113. The number of carbonyl (C=O) groups excluding carboxylic acids is 1. The molecule has 186 valence electrons. The van der Waals surface area contributed by atoms with Gasteiger partial charge in [0, 0.05) is 0 Å². The molecular formula is C29H29BrN2O3S. The van der Waals surface area contributed by atoms with Gasteiger partial charge in [-0.15, -0.1) is 0 Å². The van der Waals surface area contributed by atoms with Crippen LogP contribution in [0.5, 0.6) is 11.5 Å². The Morgan fingerprint density at radius 1 is 1.00 bits per heavy atom. The van der Waals surface area contributed by atoms with Crippen LogP contribution in [0.4, 0.5) is 11.4 Å². The molecule has 3 aromatic carbocycles. The van der Waals surface area contributed by atoms with Gasteiger partial charge in [-0.2, -0.15) is 0 Å². The number of unbranched alkanes of at least 4 members (excludes halogenated alkanes) is 3. The number of benzene rings is 3. The number of amidine groups is 1. The maximum Gasteiger partial charge on any atom is 0.271 e. The van der Waals surface area contributed by atoms with Crippen LogP contribution in [0.15, 0.2) is 87.2 Å². The summed E-state index contributed by atoms with van der Waals surface area (Å²) in [5.74, 6) is 1.19. The third-order valence-corrected chi connectivity index (χ3v) is 7.15. The quantitative estimate of drug-likeness (QED) is 0.184. The molecule has 0 bridgehead atoms. The molecule has 1 fully saturated rings. The number of ether oxygens (including phenoxy) is 2. The highest BCUT2D eigenvalue weighted by atomic mass is 79.9. The van der Waals surface area contributed by atoms with Gasteiger partial charge in [0.05, 0.1) is 34.5 Å². The molecule has 0 radical (unpaired) electrons. The fraction of sp³-hybridized carbons (Fsp3) is 0.241. The highest BCUT2D eigenvalue weighted by Gasteiger charge is 2.34. The van der Waals surface area contributed by atoms with Crippen molar-refractivity contribution in [2.24, 2.45) is 4.99 Å². The van der Waals surface area contributed by atoms with Gasteiger partial charge in [-0.3, -0.25) is 9.69 Å². The van der Waals surface area contributed by atoms with Gasteiger partial charge in [0.1, 0.15) is 0 Å². The van der Waals surface area contributed by atoms with Crippen molar-refractivity contribution in [1.29, 1.82) is 0 Å². The minimum absolute atomic E-state index is 0.118. The van der Waals surface area contributed by atoms with E-state index < -0.39 is 0 Å². The van der Waals surface area contributed by atoms with Gasteiger partial charge in [-0.05, 0) is 82.2 Å². The standard InChI is InChI=1S/C29H29BrN2O3S/c1-3-4-5-12-17-35-27-24(30)18-21(19-25(27)34-2)20-26-28(33)32(23-15-10-7-11-16-23)29(36-26)31-22-13-8-6-9-14-22/h6-11,13-16,18-20H,3-5,12,17H2,1-2H3/b26-20+,31-29?. The molecule has 0 saturated carbocycles. The molecule has 0 unspecified atom stereocenters. The third-order valence-electron chi connectivity index (χ3n) is 5.60. The van der Waals surface area contributed by atoms with Crippen molar-refractivity contribution in [2.45, 2.75) is 32.6 Å². The highest BCUT2D eigenvalue weighted by molar-refractivity contribution is 9.10. The zero-order valence-corrected chi connectivity index (χ0v) is 22.8. The zero-order chi connectivity index (χ0) is 25.3. The number of halogens is 1. The van der Waals surface area contributed by atoms with Crippen LogP contribution in [0.3, 0.4) is 0 Å². The van der Waals surface area contributed by atoms with E-state index in [2.05, 4.69) is 22.9 Å². The normalized spacial score (nSPS) is 15.6.